The van der Waals surface area contributed by atoms with Crippen LogP contribution in [0.4, 0.5) is 10.1 Å². The Morgan fingerprint density at radius 1 is 1.15 bits per heavy atom. The number of thioether (sulfide) groups is 1. The van der Waals surface area contributed by atoms with Crippen molar-refractivity contribution < 1.29 is 18.7 Å². The first-order valence-corrected chi connectivity index (χ1v) is 9.42. The van der Waals surface area contributed by atoms with Gasteiger partial charge in [-0.25, -0.2) is 4.39 Å². The maximum atomic E-state index is 13.2. The van der Waals surface area contributed by atoms with Gasteiger partial charge in [0.15, 0.2) is 0 Å². The molecule has 5 nitrogen and oxygen atoms in total. The predicted molar refractivity (Wildman–Crippen MR) is 104 cm³/mol. The average Bonchev–Trinajstić information content (AvgIpc) is 2.66. The summed E-state index contributed by atoms with van der Waals surface area (Å²) in [4.78, 5) is 25.3. The van der Waals surface area contributed by atoms with E-state index in [2.05, 4.69) is 10.6 Å². The van der Waals surface area contributed by atoms with Gasteiger partial charge in [-0.05, 0) is 42.8 Å². The lowest BCUT2D eigenvalue weighted by atomic mass is 10.1. The van der Waals surface area contributed by atoms with Gasteiger partial charge in [-0.1, -0.05) is 18.2 Å². The number of amides is 2. The Morgan fingerprint density at radius 3 is 2.74 bits per heavy atom. The lowest BCUT2D eigenvalue weighted by Crippen LogP contribution is -2.23. The van der Waals surface area contributed by atoms with Gasteiger partial charge in [0.1, 0.15) is 16.5 Å². The van der Waals surface area contributed by atoms with Crippen LogP contribution >= 0.6 is 11.8 Å². The molecule has 140 valence electrons. The van der Waals surface area contributed by atoms with Crippen LogP contribution in [0, 0.1) is 5.82 Å². The van der Waals surface area contributed by atoms with E-state index >= 15 is 0 Å². The summed E-state index contributed by atoms with van der Waals surface area (Å²) in [6, 6.07) is 12.7. The summed E-state index contributed by atoms with van der Waals surface area (Å²) in [5.74, 6) is 0.423. The number of hydrogen-bond donors (Lipinski definition) is 2. The summed E-state index contributed by atoms with van der Waals surface area (Å²) in [6.45, 7) is 2.57. The summed E-state index contributed by atoms with van der Waals surface area (Å²) in [7, 11) is 0. The van der Waals surface area contributed by atoms with Crippen molar-refractivity contribution >= 4 is 29.3 Å². The van der Waals surface area contributed by atoms with Crippen LogP contribution in [0.15, 0.2) is 59.2 Å². The summed E-state index contributed by atoms with van der Waals surface area (Å²) < 4.78 is 18.6. The van der Waals surface area contributed by atoms with E-state index in [1.165, 1.54) is 23.9 Å². The molecule has 2 amide bonds. The molecule has 3 rings (SSSR count). The van der Waals surface area contributed by atoms with Crippen LogP contribution in [0.25, 0.3) is 0 Å². The number of hydrogen-bond acceptors (Lipinski definition) is 4. The molecule has 0 saturated carbocycles. The Labute approximate surface area is 161 Å². The molecule has 2 aromatic rings. The third-order valence-electron chi connectivity index (χ3n) is 3.90. The first kappa shape index (κ1) is 19.0. The Bertz CT molecular complexity index is 898. The van der Waals surface area contributed by atoms with Crippen molar-refractivity contribution in [2.75, 3.05) is 17.7 Å². The largest absolute Gasteiger partial charge is 0.496 e. The van der Waals surface area contributed by atoms with Crippen molar-refractivity contribution in [3.05, 3.63) is 76.1 Å². The third-order valence-corrected chi connectivity index (χ3v) is 5.03. The van der Waals surface area contributed by atoms with Crippen molar-refractivity contribution in [1.82, 2.24) is 5.32 Å². The van der Waals surface area contributed by atoms with Gasteiger partial charge in [-0.2, -0.15) is 0 Å². The number of anilines is 1. The SMILES string of the molecule is CC1=C(C(=O)Nc2cccc(C(=O)NCc3cccc(F)c3)c2)SCCO1. The fourth-order valence-corrected chi connectivity index (χ4v) is 3.40. The molecule has 0 aliphatic carbocycles. The summed E-state index contributed by atoms with van der Waals surface area (Å²) in [5, 5.41) is 5.53. The van der Waals surface area contributed by atoms with Gasteiger partial charge in [0.25, 0.3) is 11.8 Å². The molecule has 0 radical (unpaired) electrons. The van der Waals surface area contributed by atoms with E-state index in [1.807, 2.05) is 0 Å². The van der Waals surface area contributed by atoms with Crippen LogP contribution in [-0.4, -0.2) is 24.2 Å². The normalized spacial score (nSPS) is 13.7. The van der Waals surface area contributed by atoms with Crippen molar-refractivity contribution in [2.24, 2.45) is 0 Å². The van der Waals surface area contributed by atoms with E-state index in [-0.39, 0.29) is 24.2 Å². The zero-order valence-corrected chi connectivity index (χ0v) is 15.6. The number of carbonyl (C=O) groups is 2. The van der Waals surface area contributed by atoms with E-state index in [0.717, 1.165) is 5.75 Å². The number of halogens is 1. The highest BCUT2D eigenvalue weighted by atomic mass is 32.2. The number of benzene rings is 2. The number of ether oxygens (including phenoxy) is 1. The predicted octanol–water partition coefficient (Wildman–Crippen LogP) is 3.69. The summed E-state index contributed by atoms with van der Waals surface area (Å²) >= 11 is 1.45. The molecule has 27 heavy (non-hydrogen) atoms. The van der Waals surface area contributed by atoms with Crippen molar-refractivity contribution in [2.45, 2.75) is 13.5 Å². The monoisotopic (exact) mass is 386 g/mol. The quantitative estimate of drug-likeness (QED) is 0.823. The van der Waals surface area contributed by atoms with Crippen LogP contribution in [0.3, 0.4) is 0 Å². The van der Waals surface area contributed by atoms with Gasteiger partial charge in [0.05, 0.1) is 6.61 Å². The highest BCUT2D eigenvalue weighted by molar-refractivity contribution is 8.04. The second-order valence-corrected chi connectivity index (χ2v) is 7.03. The summed E-state index contributed by atoms with van der Waals surface area (Å²) in [5.41, 5.74) is 1.59. The van der Waals surface area contributed by atoms with Crippen LogP contribution in [0.2, 0.25) is 0 Å². The highest BCUT2D eigenvalue weighted by Gasteiger charge is 2.19. The third kappa shape index (κ3) is 5.10. The van der Waals surface area contributed by atoms with Gasteiger partial charge in [-0.3, -0.25) is 9.59 Å². The molecule has 7 heteroatoms. The van der Waals surface area contributed by atoms with Crippen LogP contribution in [-0.2, 0) is 16.1 Å². The van der Waals surface area contributed by atoms with Gasteiger partial charge >= 0.3 is 0 Å². The van der Waals surface area contributed by atoms with Gasteiger partial charge in [0, 0.05) is 23.5 Å². The van der Waals surface area contributed by atoms with Crippen LogP contribution in [0.5, 0.6) is 0 Å². The molecule has 2 aromatic carbocycles. The molecule has 0 bridgehead atoms. The molecule has 1 aliphatic heterocycles. The first-order valence-electron chi connectivity index (χ1n) is 8.43. The Hall–Kier alpha value is -2.80. The molecule has 0 unspecified atom stereocenters. The maximum absolute atomic E-state index is 13.2. The number of carbonyl (C=O) groups excluding carboxylic acids is 2. The molecule has 1 aliphatic rings. The van der Waals surface area contributed by atoms with Crippen molar-refractivity contribution in [3.8, 4) is 0 Å². The molecule has 0 aromatic heterocycles. The molecule has 0 saturated heterocycles. The fraction of sp³-hybridized carbons (Fsp3) is 0.200. The van der Waals surface area contributed by atoms with E-state index in [0.29, 0.717) is 34.1 Å². The topological polar surface area (TPSA) is 67.4 Å². The lowest BCUT2D eigenvalue weighted by Gasteiger charge is -2.17. The van der Waals surface area contributed by atoms with E-state index in [4.69, 9.17) is 4.74 Å². The zero-order valence-electron chi connectivity index (χ0n) is 14.8. The molecule has 0 spiro atoms. The molecule has 1 heterocycles. The van der Waals surface area contributed by atoms with E-state index < -0.39 is 0 Å². The molecular formula is C20H19FN2O3S. The lowest BCUT2D eigenvalue weighted by molar-refractivity contribution is -0.112. The van der Waals surface area contributed by atoms with Gasteiger partial charge in [-0.15, -0.1) is 11.8 Å². The number of allylic oxidation sites excluding steroid dienone is 1. The second-order valence-electron chi connectivity index (χ2n) is 5.93. The smallest absolute Gasteiger partial charge is 0.265 e. The van der Waals surface area contributed by atoms with Crippen molar-refractivity contribution in [1.29, 1.82) is 0 Å². The molecule has 0 atom stereocenters. The second kappa shape index (κ2) is 8.73. The molecular weight excluding hydrogens is 367 g/mol. The molecule has 2 N–H and O–H groups in total. The Morgan fingerprint density at radius 2 is 1.96 bits per heavy atom. The fourth-order valence-electron chi connectivity index (χ4n) is 2.59. The minimum atomic E-state index is -0.347. The van der Waals surface area contributed by atoms with Crippen LogP contribution < -0.4 is 10.6 Å². The number of nitrogens with one attached hydrogen (secondary N) is 2. The zero-order chi connectivity index (χ0) is 19.2. The van der Waals surface area contributed by atoms with Crippen LogP contribution in [0.1, 0.15) is 22.8 Å². The van der Waals surface area contributed by atoms with E-state index in [9.17, 15) is 14.0 Å². The standard InChI is InChI=1S/C20H19FN2O3S/c1-13-18(27-9-8-26-13)20(25)23-17-7-3-5-15(11-17)19(24)22-12-14-4-2-6-16(21)10-14/h2-7,10-11H,8-9,12H2,1H3,(H,22,24)(H,23,25). The van der Waals surface area contributed by atoms with Gasteiger partial charge in [0.2, 0.25) is 0 Å². The Balaban J connectivity index is 1.64. The average molecular weight is 386 g/mol. The minimum absolute atomic E-state index is 0.216. The first-order chi connectivity index (χ1) is 13.0. The van der Waals surface area contributed by atoms with Gasteiger partial charge < -0.3 is 15.4 Å². The van der Waals surface area contributed by atoms with E-state index in [1.54, 1.807) is 43.3 Å². The minimum Gasteiger partial charge on any atom is -0.496 e. The maximum Gasteiger partial charge on any atom is 0.265 e. The highest BCUT2D eigenvalue weighted by Crippen LogP contribution is 2.26. The number of rotatable bonds is 5. The Kier molecular flexibility index (Phi) is 6.13. The summed E-state index contributed by atoms with van der Waals surface area (Å²) in [6.07, 6.45) is 0. The van der Waals surface area contributed by atoms with Crippen molar-refractivity contribution in [3.63, 3.8) is 0 Å². The molecule has 0 fully saturated rings.